The van der Waals surface area contributed by atoms with Crippen LogP contribution in [0.15, 0.2) is 46.6 Å². The third-order valence-corrected chi connectivity index (χ3v) is 4.43. The molecule has 0 aromatic heterocycles. The van der Waals surface area contributed by atoms with Crippen LogP contribution in [0.1, 0.15) is 55.7 Å². The first-order valence-electron chi connectivity index (χ1n) is 10.1. The Balaban J connectivity index is 1.88. The lowest BCUT2D eigenvalue weighted by atomic mass is 10.0. The molecule has 0 unspecified atom stereocenters. The van der Waals surface area contributed by atoms with Gasteiger partial charge in [-0.1, -0.05) is 56.9 Å². The normalized spacial score (nSPS) is 12.2. The summed E-state index contributed by atoms with van der Waals surface area (Å²) in [6.07, 6.45) is 5.06. The van der Waals surface area contributed by atoms with E-state index >= 15 is 0 Å². The third-order valence-electron chi connectivity index (χ3n) is 4.43. The summed E-state index contributed by atoms with van der Waals surface area (Å²) in [6.45, 7) is 0.407. The number of alkyl halides is 3. The molecule has 0 saturated carbocycles. The maximum atomic E-state index is 13.8. The third kappa shape index (κ3) is 9.27. The molecule has 0 spiro atoms. The number of halogens is 5. The summed E-state index contributed by atoms with van der Waals surface area (Å²) in [6, 6.07) is 9.51. The molecule has 3 nitrogen and oxygen atoms in total. The smallest absolute Gasteiger partial charge is 0.422 e. The van der Waals surface area contributed by atoms with E-state index < -0.39 is 30.2 Å². The Morgan fingerprint density at radius 3 is 2.00 bits per heavy atom. The van der Waals surface area contributed by atoms with Crippen molar-refractivity contribution in [3.8, 4) is 5.75 Å². The molecule has 8 heteroatoms. The molecule has 0 aliphatic heterocycles. The Morgan fingerprint density at radius 2 is 1.42 bits per heavy atom. The van der Waals surface area contributed by atoms with Gasteiger partial charge in [-0.2, -0.15) is 23.4 Å². The molecule has 0 bridgehead atoms. The van der Waals surface area contributed by atoms with Crippen molar-refractivity contribution >= 4 is 12.4 Å². The molecule has 2 aromatic rings. The van der Waals surface area contributed by atoms with Crippen LogP contribution in [0.4, 0.5) is 22.0 Å². The summed E-state index contributed by atoms with van der Waals surface area (Å²) in [5.74, 6) is -3.58. The Bertz CT molecular complexity index is 854. The van der Waals surface area contributed by atoms with E-state index in [2.05, 4.69) is 21.9 Å². The maximum Gasteiger partial charge on any atom is 0.422 e. The van der Waals surface area contributed by atoms with E-state index in [0.29, 0.717) is 0 Å². The van der Waals surface area contributed by atoms with Crippen molar-refractivity contribution in [3.05, 3.63) is 64.7 Å². The second kappa shape index (κ2) is 12.2. The first kappa shape index (κ1) is 24.5. The van der Waals surface area contributed by atoms with Gasteiger partial charge in [-0.15, -0.1) is 0 Å². The molecule has 0 radical (unpaired) electrons. The van der Waals surface area contributed by atoms with Gasteiger partial charge in [0.1, 0.15) is 0 Å². The molecule has 0 amide bonds. The molecule has 0 atom stereocenters. The summed E-state index contributed by atoms with van der Waals surface area (Å²) in [5, 5.41) is 7.56. The van der Waals surface area contributed by atoms with E-state index in [1.54, 1.807) is 0 Å². The average Bonchev–Trinajstić information content (AvgIpc) is 2.70. The number of unbranched alkanes of at least 4 members (excludes halogenated alkanes) is 4. The zero-order chi connectivity index (χ0) is 22.7. The van der Waals surface area contributed by atoms with Crippen molar-refractivity contribution in [2.45, 2.75) is 51.6 Å². The van der Waals surface area contributed by atoms with Gasteiger partial charge in [0, 0.05) is 5.56 Å². The molecule has 0 N–H and O–H groups in total. The van der Waals surface area contributed by atoms with Crippen LogP contribution in [0.25, 0.3) is 0 Å². The molecule has 0 saturated heterocycles. The highest BCUT2D eigenvalue weighted by Gasteiger charge is 2.29. The number of nitrogens with zero attached hydrogens (tertiary/aromatic N) is 2. The van der Waals surface area contributed by atoms with Crippen LogP contribution < -0.4 is 4.74 Å². The Morgan fingerprint density at radius 1 is 0.839 bits per heavy atom. The Kier molecular flexibility index (Phi) is 9.62. The lowest BCUT2D eigenvalue weighted by Gasteiger charge is -2.10. The van der Waals surface area contributed by atoms with Crippen LogP contribution in [0.3, 0.4) is 0 Å². The van der Waals surface area contributed by atoms with Crippen molar-refractivity contribution in [2.24, 2.45) is 10.2 Å². The molecule has 0 fully saturated rings. The lowest BCUT2D eigenvalue weighted by molar-refractivity contribution is -0.154. The van der Waals surface area contributed by atoms with Gasteiger partial charge in [0.15, 0.2) is 24.0 Å². The number of hydrogen-bond acceptors (Lipinski definition) is 3. The number of rotatable bonds is 11. The van der Waals surface area contributed by atoms with E-state index in [0.717, 1.165) is 36.8 Å². The summed E-state index contributed by atoms with van der Waals surface area (Å²) in [5.41, 5.74) is 2.07. The van der Waals surface area contributed by atoms with Crippen LogP contribution in [-0.2, 0) is 6.42 Å². The fraction of sp³-hybridized carbons (Fsp3) is 0.391. The molecule has 31 heavy (non-hydrogen) atoms. The quantitative estimate of drug-likeness (QED) is 0.162. The van der Waals surface area contributed by atoms with Crippen LogP contribution in [0.5, 0.6) is 5.75 Å². The second-order valence-electron chi connectivity index (χ2n) is 7.11. The Labute approximate surface area is 178 Å². The van der Waals surface area contributed by atoms with Gasteiger partial charge in [-0.3, -0.25) is 0 Å². The molecule has 0 heterocycles. The largest absolute Gasteiger partial charge is 0.478 e. The minimum absolute atomic E-state index is 0.00456. The van der Waals surface area contributed by atoms with Gasteiger partial charge in [0.2, 0.25) is 0 Å². The van der Waals surface area contributed by atoms with Gasteiger partial charge in [-0.25, -0.2) is 8.78 Å². The van der Waals surface area contributed by atoms with Crippen molar-refractivity contribution in [1.82, 2.24) is 0 Å². The maximum absolute atomic E-state index is 13.8. The first-order chi connectivity index (χ1) is 14.8. The molecule has 0 aliphatic carbocycles. The number of hydrogen-bond donors (Lipinski definition) is 0. The van der Waals surface area contributed by atoms with Crippen LogP contribution in [0, 0.1) is 11.6 Å². The van der Waals surface area contributed by atoms with Gasteiger partial charge in [0.25, 0.3) is 0 Å². The second-order valence-corrected chi connectivity index (χ2v) is 7.11. The molecule has 2 rings (SSSR count). The zero-order valence-electron chi connectivity index (χ0n) is 17.3. The van der Waals surface area contributed by atoms with E-state index in [1.807, 2.05) is 24.3 Å². The SMILES string of the molecule is CCCCCCCc1ccc(/C=N/N=C/c2cc(F)c(OCC(F)(F)F)c(F)c2)cc1. The molecule has 168 valence electrons. The summed E-state index contributed by atoms with van der Waals surface area (Å²) >= 11 is 0. The summed E-state index contributed by atoms with van der Waals surface area (Å²) in [7, 11) is 0. The minimum Gasteiger partial charge on any atom is -0.478 e. The van der Waals surface area contributed by atoms with E-state index in [1.165, 1.54) is 37.5 Å². The Hall–Kier alpha value is -2.77. The van der Waals surface area contributed by atoms with Crippen molar-refractivity contribution in [3.63, 3.8) is 0 Å². The van der Waals surface area contributed by atoms with Crippen LogP contribution in [0.2, 0.25) is 0 Å². The monoisotopic (exact) mass is 440 g/mol. The molecule has 0 aliphatic rings. The highest BCUT2D eigenvalue weighted by molar-refractivity contribution is 5.82. The predicted molar refractivity (Wildman–Crippen MR) is 112 cm³/mol. The number of benzene rings is 2. The lowest BCUT2D eigenvalue weighted by Crippen LogP contribution is -2.20. The van der Waals surface area contributed by atoms with Gasteiger partial charge in [-0.05, 0) is 36.1 Å². The van der Waals surface area contributed by atoms with Crippen molar-refractivity contribution in [1.29, 1.82) is 0 Å². The average molecular weight is 440 g/mol. The van der Waals surface area contributed by atoms with Crippen LogP contribution in [-0.4, -0.2) is 25.2 Å². The number of ether oxygens (including phenoxy) is 1. The molecule has 2 aromatic carbocycles. The summed E-state index contributed by atoms with van der Waals surface area (Å²) < 4.78 is 68.2. The fourth-order valence-electron chi connectivity index (χ4n) is 2.85. The van der Waals surface area contributed by atoms with Gasteiger partial charge in [0.05, 0.1) is 12.4 Å². The van der Waals surface area contributed by atoms with Crippen LogP contribution >= 0.6 is 0 Å². The summed E-state index contributed by atoms with van der Waals surface area (Å²) in [4.78, 5) is 0. The highest BCUT2D eigenvalue weighted by atomic mass is 19.4. The topological polar surface area (TPSA) is 34.0 Å². The molecular formula is C23H25F5N2O. The first-order valence-corrected chi connectivity index (χ1v) is 10.1. The zero-order valence-corrected chi connectivity index (χ0v) is 17.3. The minimum atomic E-state index is -4.69. The van der Waals surface area contributed by atoms with Crippen molar-refractivity contribution < 1.29 is 26.7 Å². The van der Waals surface area contributed by atoms with E-state index in [4.69, 9.17) is 0 Å². The van der Waals surface area contributed by atoms with Crippen molar-refractivity contribution in [2.75, 3.05) is 6.61 Å². The predicted octanol–water partition coefficient (Wildman–Crippen LogP) is 6.87. The highest BCUT2D eigenvalue weighted by Crippen LogP contribution is 2.25. The standard InChI is InChI=1S/C23H25F5N2O/c1-2-3-4-5-6-7-17-8-10-18(11-9-17)14-29-30-15-19-12-20(24)22(21(25)13-19)31-16-23(26,27)28/h8-15H,2-7,16H2,1H3/b29-14+,30-15+. The fourth-order valence-corrected chi connectivity index (χ4v) is 2.85. The van der Waals surface area contributed by atoms with E-state index in [-0.39, 0.29) is 5.56 Å². The van der Waals surface area contributed by atoms with E-state index in [9.17, 15) is 22.0 Å². The number of aryl methyl sites for hydroxylation is 1. The van der Waals surface area contributed by atoms with Gasteiger partial charge < -0.3 is 4.74 Å². The molecular weight excluding hydrogens is 415 g/mol. The van der Waals surface area contributed by atoms with Gasteiger partial charge >= 0.3 is 6.18 Å².